The number of benzene rings is 7. The molecule has 1 aromatic heterocycles. The van der Waals surface area contributed by atoms with Crippen LogP contribution in [0.25, 0.3) is 65.5 Å². The standard InChI is InChI=1S/C42H25N/c1-5-15-29-25(10-1)14-9-18-32(29)39-33-22-20-26-11-2-6-16-30(26)37(33)42-40(36-24-28-13-4-8-19-35(28)43-36)34-23-21-27-12-3-7-17-31(27)38(34)41(39)42/h1-24,43H. The largest absolute Gasteiger partial charge is 0.354 e. The molecule has 0 bridgehead atoms. The average Bonchev–Trinajstić information content (AvgIpc) is 3.74. The fourth-order valence-corrected chi connectivity index (χ4v) is 7.73. The smallest absolute Gasteiger partial charge is 0.0477 e. The highest BCUT2D eigenvalue weighted by atomic mass is 14.7. The topological polar surface area (TPSA) is 15.8 Å². The van der Waals surface area contributed by atoms with Crippen molar-refractivity contribution in [3.63, 3.8) is 0 Å². The number of H-pyrrole nitrogens is 1. The van der Waals surface area contributed by atoms with Crippen molar-refractivity contribution in [2.45, 2.75) is 0 Å². The molecule has 198 valence electrons. The van der Waals surface area contributed by atoms with Crippen LogP contribution in [0.15, 0.2) is 146 Å². The number of rotatable bonds is 2. The molecule has 10 rings (SSSR count). The van der Waals surface area contributed by atoms with Gasteiger partial charge in [-0.05, 0) is 83.4 Å². The molecule has 0 unspecified atom stereocenters. The Morgan fingerprint density at radius 3 is 1.51 bits per heavy atom. The highest BCUT2D eigenvalue weighted by Gasteiger charge is 2.40. The van der Waals surface area contributed by atoms with Crippen molar-refractivity contribution >= 4 is 65.5 Å². The van der Waals surface area contributed by atoms with Gasteiger partial charge in [0, 0.05) is 27.7 Å². The van der Waals surface area contributed by atoms with Crippen molar-refractivity contribution in [1.29, 1.82) is 0 Å². The molecule has 2 aliphatic rings. The van der Waals surface area contributed by atoms with Gasteiger partial charge in [0.15, 0.2) is 0 Å². The summed E-state index contributed by atoms with van der Waals surface area (Å²) in [6.45, 7) is 0. The number of hydrogen-bond donors (Lipinski definition) is 1. The van der Waals surface area contributed by atoms with E-state index >= 15 is 0 Å². The van der Waals surface area contributed by atoms with E-state index in [0.717, 1.165) is 5.52 Å². The van der Waals surface area contributed by atoms with Gasteiger partial charge in [0.05, 0.1) is 0 Å². The predicted octanol–water partition coefficient (Wildman–Crippen LogP) is 10.9. The van der Waals surface area contributed by atoms with E-state index in [4.69, 9.17) is 0 Å². The third kappa shape index (κ3) is 3.06. The molecular weight excluding hydrogens is 518 g/mol. The maximum Gasteiger partial charge on any atom is 0.0477 e. The van der Waals surface area contributed by atoms with Crippen molar-refractivity contribution < 1.29 is 0 Å². The van der Waals surface area contributed by atoms with Gasteiger partial charge < -0.3 is 4.98 Å². The summed E-state index contributed by atoms with van der Waals surface area (Å²) in [7, 11) is 0. The second-order valence-corrected chi connectivity index (χ2v) is 11.7. The number of hydrogen-bond acceptors (Lipinski definition) is 0. The van der Waals surface area contributed by atoms with Gasteiger partial charge in [-0.15, -0.1) is 0 Å². The van der Waals surface area contributed by atoms with Crippen LogP contribution in [0.2, 0.25) is 0 Å². The lowest BCUT2D eigenvalue weighted by molar-refractivity contribution is 1.40. The van der Waals surface area contributed by atoms with Crippen LogP contribution in [0, 0.1) is 0 Å². The van der Waals surface area contributed by atoms with Crippen LogP contribution < -0.4 is 0 Å². The van der Waals surface area contributed by atoms with Crippen molar-refractivity contribution in [2.75, 3.05) is 0 Å². The molecule has 0 spiro atoms. The first kappa shape index (κ1) is 23.0. The number of aromatic amines is 1. The molecule has 1 nitrogen and oxygen atoms in total. The summed E-state index contributed by atoms with van der Waals surface area (Å²) in [5.74, 6) is 0. The van der Waals surface area contributed by atoms with E-state index in [1.807, 2.05) is 0 Å². The normalized spacial score (nSPS) is 13.9. The highest BCUT2D eigenvalue weighted by molar-refractivity contribution is 6.40. The number of nitrogens with one attached hydrogen (secondary N) is 1. The quantitative estimate of drug-likeness (QED) is 0.223. The van der Waals surface area contributed by atoms with Crippen molar-refractivity contribution in [2.24, 2.45) is 0 Å². The number of para-hydroxylation sites is 1. The maximum atomic E-state index is 3.82. The van der Waals surface area contributed by atoms with E-state index in [0.29, 0.717) is 0 Å². The number of aromatic nitrogens is 1. The lowest BCUT2D eigenvalue weighted by Gasteiger charge is -2.15. The maximum absolute atomic E-state index is 3.82. The zero-order valence-corrected chi connectivity index (χ0v) is 23.4. The summed E-state index contributed by atoms with van der Waals surface area (Å²) >= 11 is 0. The van der Waals surface area contributed by atoms with Crippen LogP contribution in [0.3, 0.4) is 0 Å². The molecule has 8 aromatic rings. The second-order valence-electron chi connectivity index (χ2n) is 11.7. The van der Waals surface area contributed by atoms with Crippen molar-refractivity contribution in [3.05, 3.63) is 179 Å². The first-order chi connectivity index (χ1) is 21.3. The Hall–Kier alpha value is -5.66. The Kier molecular flexibility index (Phi) is 4.51. The molecule has 0 saturated heterocycles. The minimum atomic E-state index is 1.16. The molecule has 0 fully saturated rings. The van der Waals surface area contributed by atoms with E-state index < -0.39 is 0 Å². The zero-order valence-electron chi connectivity index (χ0n) is 23.4. The van der Waals surface area contributed by atoms with Gasteiger partial charge in [0.2, 0.25) is 0 Å². The SMILES string of the molecule is c1ccc2[nH]c(C3=C4C(=C(c5cccc6ccccc56)c5ccc6ccccc6c54)c4c3ccc3ccccc43)cc2c1. The van der Waals surface area contributed by atoms with Crippen LogP contribution >= 0.6 is 0 Å². The lowest BCUT2D eigenvalue weighted by Crippen LogP contribution is -1.95. The third-order valence-corrected chi connectivity index (χ3v) is 9.51. The Morgan fingerprint density at radius 2 is 0.837 bits per heavy atom. The van der Waals surface area contributed by atoms with E-state index in [-0.39, 0.29) is 0 Å². The lowest BCUT2D eigenvalue weighted by atomic mass is 9.88. The first-order valence-corrected chi connectivity index (χ1v) is 15.0. The van der Waals surface area contributed by atoms with Crippen molar-refractivity contribution in [1.82, 2.24) is 4.98 Å². The van der Waals surface area contributed by atoms with Gasteiger partial charge in [-0.3, -0.25) is 0 Å². The van der Waals surface area contributed by atoms with Crippen LogP contribution in [-0.4, -0.2) is 4.98 Å². The van der Waals surface area contributed by atoms with E-state index in [1.54, 1.807) is 0 Å². The molecular formula is C42H25N. The first-order valence-electron chi connectivity index (χ1n) is 15.0. The molecule has 1 N–H and O–H groups in total. The van der Waals surface area contributed by atoms with Gasteiger partial charge in [-0.2, -0.15) is 0 Å². The Morgan fingerprint density at radius 1 is 0.326 bits per heavy atom. The molecule has 0 aliphatic heterocycles. The molecule has 43 heavy (non-hydrogen) atoms. The monoisotopic (exact) mass is 543 g/mol. The van der Waals surface area contributed by atoms with Crippen LogP contribution in [0.4, 0.5) is 0 Å². The van der Waals surface area contributed by atoms with Gasteiger partial charge >= 0.3 is 0 Å². The Bertz CT molecular complexity index is 2510. The van der Waals surface area contributed by atoms with Gasteiger partial charge in [-0.1, -0.05) is 133 Å². The average molecular weight is 544 g/mol. The summed E-state index contributed by atoms with van der Waals surface area (Å²) in [5, 5.41) is 8.92. The highest BCUT2D eigenvalue weighted by Crippen LogP contribution is 2.61. The fraction of sp³-hybridized carbons (Fsp3) is 0. The molecule has 0 amide bonds. The molecule has 2 aliphatic carbocycles. The molecule has 7 aromatic carbocycles. The van der Waals surface area contributed by atoms with Crippen LogP contribution in [0.1, 0.15) is 33.5 Å². The molecule has 1 heterocycles. The molecule has 0 saturated carbocycles. The summed E-state index contributed by atoms with van der Waals surface area (Å²) in [6.07, 6.45) is 0. The molecule has 0 atom stereocenters. The minimum Gasteiger partial charge on any atom is -0.354 e. The van der Waals surface area contributed by atoms with Crippen LogP contribution in [-0.2, 0) is 0 Å². The summed E-state index contributed by atoms with van der Waals surface area (Å²) in [5.41, 5.74) is 14.2. The van der Waals surface area contributed by atoms with Crippen molar-refractivity contribution in [3.8, 4) is 0 Å². The Balaban J connectivity index is 1.45. The third-order valence-electron chi connectivity index (χ3n) is 9.51. The van der Waals surface area contributed by atoms with E-state index in [9.17, 15) is 0 Å². The summed E-state index contributed by atoms with van der Waals surface area (Å²) in [6, 6.07) is 53.5. The number of fused-ring (bicyclic) bond motifs is 11. The van der Waals surface area contributed by atoms with Gasteiger partial charge in [-0.25, -0.2) is 0 Å². The molecule has 0 radical (unpaired) electrons. The Labute approximate surface area is 249 Å². The second kappa shape index (κ2) is 8.44. The van der Waals surface area contributed by atoms with E-state index in [2.05, 4.69) is 151 Å². The van der Waals surface area contributed by atoms with Crippen LogP contribution in [0.5, 0.6) is 0 Å². The predicted molar refractivity (Wildman–Crippen MR) is 182 cm³/mol. The summed E-state index contributed by atoms with van der Waals surface area (Å²) < 4.78 is 0. The minimum absolute atomic E-state index is 1.16. The van der Waals surface area contributed by atoms with Gasteiger partial charge in [0.1, 0.15) is 0 Å². The molecule has 1 heteroatoms. The van der Waals surface area contributed by atoms with Gasteiger partial charge in [0.25, 0.3) is 0 Å². The number of allylic oxidation sites excluding steroid dienone is 2. The fourth-order valence-electron chi connectivity index (χ4n) is 7.73. The summed E-state index contributed by atoms with van der Waals surface area (Å²) in [4.78, 5) is 3.82. The zero-order chi connectivity index (χ0) is 28.1. The van der Waals surface area contributed by atoms with E-state index in [1.165, 1.54) is 93.5 Å².